The minimum atomic E-state index is -4.86. The van der Waals surface area contributed by atoms with Crippen molar-refractivity contribution in [2.24, 2.45) is 0 Å². The fourth-order valence-corrected chi connectivity index (χ4v) is 2.97. The first-order valence-electron chi connectivity index (χ1n) is 8.95. The summed E-state index contributed by atoms with van der Waals surface area (Å²) >= 11 is 0. The number of aromatic nitrogens is 1. The van der Waals surface area contributed by atoms with E-state index in [1.54, 1.807) is 18.2 Å². The maximum absolute atomic E-state index is 12.7. The van der Waals surface area contributed by atoms with E-state index >= 15 is 0 Å². The fourth-order valence-electron chi connectivity index (χ4n) is 2.97. The molecule has 1 N–H and O–H groups in total. The Hall–Kier alpha value is -4.14. The van der Waals surface area contributed by atoms with Gasteiger partial charge in [0.05, 0.1) is 10.9 Å². The summed E-state index contributed by atoms with van der Waals surface area (Å²) in [5.41, 5.74) is -0.197. The molecule has 0 aliphatic heterocycles. The Balaban J connectivity index is 1.78. The fraction of sp³-hybridized carbons (Fsp3) is 0.0455. The van der Waals surface area contributed by atoms with Gasteiger partial charge in [0.1, 0.15) is 17.3 Å². The van der Waals surface area contributed by atoms with Gasteiger partial charge in [-0.05, 0) is 36.4 Å². The molecule has 0 spiro atoms. The van der Waals surface area contributed by atoms with E-state index < -0.39 is 23.4 Å². The van der Waals surface area contributed by atoms with Crippen LogP contribution >= 0.6 is 0 Å². The van der Waals surface area contributed by atoms with E-state index in [-0.39, 0.29) is 27.9 Å². The molecular weight excluding hydrogens is 413 g/mol. The lowest BCUT2D eigenvalue weighted by atomic mass is 10.1. The first kappa shape index (κ1) is 20.1. The van der Waals surface area contributed by atoms with Gasteiger partial charge in [-0.2, -0.15) is 0 Å². The third-order valence-electron chi connectivity index (χ3n) is 4.26. The molecule has 0 radical (unpaired) electrons. The van der Waals surface area contributed by atoms with Gasteiger partial charge < -0.3 is 14.5 Å². The highest BCUT2D eigenvalue weighted by molar-refractivity contribution is 6.11. The summed E-state index contributed by atoms with van der Waals surface area (Å²) < 4.78 is 47.3. The minimum absolute atomic E-state index is 0.000531. The van der Waals surface area contributed by atoms with E-state index in [9.17, 15) is 22.8 Å². The average molecular weight is 426 g/mol. The van der Waals surface area contributed by atoms with Crippen molar-refractivity contribution in [1.29, 1.82) is 0 Å². The molecule has 4 aromatic rings. The second-order valence-electron chi connectivity index (χ2n) is 6.40. The van der Waals surface area contributed by atoms with Gasteiger partial charge in [-0.15, -0.1) is 13.2 Å². The van der Waals surface area contributed by atoms with Crippen LogP contribution in [0.25, 0.3) is 22.3 Å². The van der Waals surface area contributed by atoms with Crippen LogP contribution in [-0.2, 0) is 0 Å². The predicted molar refractivity (Wildman–Crippen MR) is 107 cm³/mol. The molecule has 0 bridgehead atoms. The van der Waals surface area contributed by atoms with Gasteiger partial charge >= 0.3 is 6.36 Å². The molecule has 1 amide bonds. The number of nitrogens with one attached hydrogen (secondary N) is 1. The van der Waals surface area contributed by atoms with Crippen LogP contribution in [0.4, 0.5) is 19.0 Å². The van der Waals surface area contributed by atoms with Gasteiger partial charge in [0.2, 0.25) is 0 Å². The average Bonchev–Trinajstić information content (AvgIpc) is 2.73. The van der Waals surface area contributed by atoms with Crippen LogP contribution in [0.5, 0.6) is 5.75 Å². The summed E-state index contributed by atoms with van der Waals surface area (Å²) in [6, 6.07) is 15.6. The first-order chi connectivity index (χ1) is 14.8. The van der Waals surface area contributed by atoms with E-state index in [0.29, 0.717) is 5.82 Å². The van der Waals surface area contributed by atoms with Gasteiger partial charge in [0, 0.05) is 17.8 Å². The molecule has 9 heteroatoms. The molecule has 0 unspecified atom stereocenters. The summed E-state index contributed by atoms with van der Waals surface area (Å²) in [6.07, 6.45) is -3.35. The van der Waals surface area contributed by atoms with Crippen molar-refractivity contribution < 1.29 is 27.1 Å². The number of hydrogen-bond donors (Lipinski definition) is 1. The van der Waals surface area contributed by atoms with Crippen molar-refractivity contribution in [2.75, 3.05) is 5.32 Å². The lowest BCUT2D eigenvalue weighted by molar-refractivity contribution is -0.274. The normalized spacial score (nSPS) is 11.3. The molecule has 31 heavy (non-hydrogen) atoms. The number of pyridine rings is 1. The number of carbonyl (C=O) groups is 1. The van der Waals surface area contributed by atoms with Gasteiger partial charge in [-0.25, -0.2) is 4.98 Å². The topological polar surface area (TPSA) is 81.4 Å². The highest BCUT2D eigenvalue weighted by Crippen LogP contribution is 2.29. The monoisotopic (exact) mass is 426 g/mol. The molecule has 4 rings (SSSR count). The molecule has 156 valence electrons. The highest BCUT2D eigenvalue weighted by atomic mass is 19.4. The zero-order chi connectivity index (χ0) is 22.0. The largest absolute Gasteiger partial charge is 0.573 e. The van der Waals surface area contributed by atoms with Gasteiger partial charge in [0.25, 0.3) is 5.91 Å². The molecule has 2 aromatic carbocycles. The van der Waals surface area contributed by atoms with Gasteiger partial charge in [-0.3, -0.25) is 9.59 Å². The van der Waals surface area contributed by atoms with Crippen LogP contribution in [0.2, 0.25) is 0 Å². The van der Waals surface area contributed by atoms with E-state index in [1.165, 1.54) is 36.5 Å². The Morgan fingerprint density at radius 1 is 1.00 bits per heavy atom. The smallest absolute Gasteiger partial charge is 0.455 e. The quantitative estimate of drug-likeness (QED) is 0.496. The van der Waals surface area contributed by atoms with Crippen molar-refractivity contribution in [3.63, 3.8) is 0 Å². The van der Waals surface area contributed by atoms with Gasteiger partial charge in [0.15, 0.2) is 11.0 Å². The van der Waals surface area contributed by atoms with Crippen molar-refractivity contribution in [2.45, 2.75) is 6.36 Å². The number of fused-ring (bicyclic) bond motifs is 1. The van der Waals surface area contributed by atoms with Gasteiger partial charge in [-0.1, -0.05) is 24.3 Å². The summed E-state index contributed by atoms with van der Waals surface area (Å²) in [4.78, 5) is 29.4. The molecule has 0 saturated heterocycles. The maximum Gasteiger partial charge on any atom is 0.573 e. The number of rotatable bonds is 4. The Morgan fingerprint density at radius 2 is 1.81 bits per heavy atom. The number of nitrogens with zero attached hydrogens (tertiary/aromatic N) is 1. The summed E-state index contributed by atoms with van der Waals surface area (Å²) in [7, 11) is 0. The molecule has 2 aromatic heterocycles. The van der Waals surface area contributed by atoms with E-state index in [1.807, 2.05) is 0 Å². The second kappa shape index (κ2) is 7.94. The lowest BCUT2D eigenvalue weighted by Gasteiger charge is -2.11. The third kappa shape index (κ3) is 4.55. The standard InChI is InChI=1S/C22H13F3N2O4/c23-22(24,25)31-14-6-3-5-13(11-14)18-12-17(28)15-7-4-8-16(20(15)30-18)21(29)27-19-9-1-2-10-26-19/h1-12H,(H,26,27,29). The predicted octanol–water partition coefficient (Wildman–Crippen LogP) is 5.01. The Kier molecular flexibility index (Phi) is 5.16. The van der Waals surface area contributed by atoms with Crippen LogP contribution in [0.15, 0.2) is 82.1 Å². The molecule has 0 saturated carbocycles. The molecule has 2 heterocycles. The summed E-state index contributed by atoms with van der Waals surface area (Å²) in [6.45, 7) is 0. The molecule has 0 atom stereocenters. The number of anilines is 1. The number of para-hydroxylation sites is 1. The van der Waals surface area contributed by atoms with Crippen LogP contribution in [0, 0.1) is 0 Å². The lowest BCUT2D eigenvalue weighted by Crippen LogP contribution is -2.17. The number of hydrogen-bond acceptors (Lipinski definition) is 5. The van der Waals surface area contributed by atoms with Crippen LogP contribution in [0.1, 0.15) is 10.4 Å². The zero-order valence-corrected chi connectivity index (χ0v) is 15.6. The third-order valence-corrected chi connectivity index (χ3v) is 4.26. The van der Waals surface area contributed by atoms with Crippen LogP contribution in [0.3, 0.4) is 0 Å². The minimum Gasteiger partial charge on any atom is -0.455 e. The Labute approximate surface area is 172 Å². The molecular formula is C22H13F3N2O4. The maximum atomic E-state index is 12.7. The second-order valence-corrected chi connectivity index (χ2v) is 6.40. The Bertz CT molecular complexity index is 1320. The number of ether oxygens (including phenoxy) is 1. The molecule has 0 aliphatic carbocycles. The van der Waals surface area contributed by atoms with Crippen LogP contribution < -0.4 is 15.5 Å². The van der Waals surface area contributed by atoms with Crippen molar-refractivity contribution >= 4 is 22.7 Å². The van der Waals surface area contributed by atoms with E-state index in [0.717, 1.165) is 18.2 Å². The number of halogens is 3. The SMILES string of the molecule is O=C(Nc1ccccn1)c1cccc2c(=O)cc(-c3cccc(OC(F)(F)F)c3)oc12. The number of carbonyl (C=O) groups excluding carboxylic acids is 1. The highest BCUT2D eigenvalue weighted by Gasteiger charge is 2.31. The Morgan fingerprint density at radius 3 is 2.55 bits per heavy atom. The number of amides is 1. The summed E-state index contributed by atoms with van der Waals surface area (Å²) in [5.74, 6) is -0.726. The van der Waals surface area contributed by atoms with Crippen LogP contribution in [-0.4, -0.2) is 17.3 Å². The summed E-state index contributed by atoms with van der Waals surface area (Å²) in [5, 5.41) is 2.76. The van der Waals surface area contributed by atoms with Crippen molar-refractivity contribution in [3.8, 4) is 17.1 Å². The van der Waals surface area contributed by atoms with E-state index in [2.05, 4.69) is 15.0 Å². The molecule has 0 fully saturated rings. The molecule has 0 aliphatic rings. The number of alkyl halides is 3. The molecule has 6 nitrogen and oxygen atoms in total. The van der Waals surface area contributed by atoms with Crippen molar-refractivity contribution in [1.82, 2.24) is 4.98 Å². The number of benzene rings is 2. The first-order valence-corrected chi connectivity index (χ1v) is 8.95. The van der Waals surface area contributed by atoms with Crippen molar-refractivity contribution in [3.05, 3.63) is 88.7 Å². The zero-order valence-electron chi connectivity index (χ0n) is 15.6. The van der Waals surface area contributed by atoms with E-state index in [4.69, 9.17) is 4.42 Å².